The van der Waals surface area contributed by atoms with Crippen molar-refractivity contribution in [3.63, 3.8) is 0 Å². The van der Waals surface area contributed by atoms with Gasteiger partial charge in [0.05, 0.1) is 46.5 Å². The average molecular weight is 964 g/mol. The summed E-state index contributed by atoms with van der Waals surface area (Å²) in [6.07, 6.45) is 15.0. The Balaban J connectivity index is 0.000000178. The molecule has 0 fully saturated rings. The van der Waals surface area contributed by atoms with Gasteiger partial charge in [0, 0.05) is 12.1 Å². The van der Waals surface area contributed by atoms with E-state index in [1.165, 1.54) is 30.6 Å². The zero-order chi connectivity index (χ0) is 47.3. The van der Waals surface area contributed by atoms with E-state index in [2.05, 4.69) is 45.1 Å². The fourth-order valence-corrected chi connectivity index (χ4v) is 9.00. The molecule has 0 saturated carbocycles. The van der Waals surface area contributed by atoms with Crippen LogP contribution in [0.5, 0.6) is 11.5 Å². The SMILES string of the molecule is CC(=O)c1cc2c(nc(-c3ccc(OCc4ccccc4)cc3F)n2C2C=CCCC2)s1.COC(=O)CS.O=Cc1c(Cl)nc(-c2ccc(OCc3ccccc3)cc2F)n1C1C=CCCC1. The van der Waals surface area contributed by atoms with E-state index in [4.69, 9.17) is 26.1 Å². The quantitative estimate of drug-likeness (QED) is 0.0400. The number of imidazole rings is 2. The number of hydrogen-bond acceptors (Lipinski definition) is 10. The fraction of sp³-hybridized carbons (Fsp3) is 0.250. The van der Waals surface area contributed by atoms with Crippen LogP contribution in [-0.2, 0) is 22.7 Å². The van der Waals surface area contributed by atoms with E-state index in [1.54, 1.807) is 35.8 Å². The van der Waals surface area contributed by atoms with Gasteiger partial charge < -0.3 is 23.3 Å². The number of carbonyl (C=O) groups excluding carboxylic acids is 3. The molecule has 9 rings (SSSR count). The third kappa shape index (κ3) is 12.2. The summed E-state index contributed by atoms with van der Waals surface area (Å²) in [6.45, 7) is 2.29. The molecular formula is C52H49ClF2N4O6S2. The van der Waals surface area contributed by atoms with Gasteiger partial charge in [-0.25, -0.2) is 18.7 Å². The van der Waals surface area contributed by atoms with Gasteiger partial charge in [0.2, 0.25) is 0 Å². The third-order valence-electron chi connectivity index (χ3n) is 11.1. The van der Waals surface area contributed by atoms with Gasteiger partial charge in [-0.05, 0) is 86.9 Å². The molecule has 346 valence electrons. The number of carbonyl (C=O) groups is 3. The van der Waals surface area contributed by atoms with Gasteiger partial charge in [-0.3, -0.25) is 14.4 Å². The molecule has 2 aliphatic carbocycles. The second-order valence-corrected chi connectivity index (χ2v) is 17.4. The number of esters is 1. The fourth-order valence-electron chi connectivity index (χ4n) is 7.74. The number of hydrogen-bond donors (Lipinski definition) is 1. The van der Waals surface area contributed by atoms with Crippen LogP contribution in [0.3, 0.4) is 0 Å². The monoisotopic (exact) mass is 962 g/mol. The molecule has 2 atom stereocenters. The van der Waals surface area contributed by atoms with Gasteiger partial charge in [-0.2, -0.15) is 12.6 Å². The summed E-state index contributed by atoms with van der Waals surface area (Å²) in [6, 6.07) is 31.0. The van der Waals surface area contributed by atoms with E-state index in [1.807, 2.05) is 72.8 Å². The van der Waals surface area contributed by atoms with Gasteiger partial charge in [-0.15, -0.1) is 11.3 Å². The number of allylic oxidation sites excluding steroid dienone is 4. The minimum atomic E-state index is -0.476. The van der Waals surface area contributed by atoms with E-state index in [0.29, 0.717) is 53.1 Å². The molecule has 2 aliphatic rings. The molecule has 2 unspecified atom stereocenters. The third-order valence-corrected chi connectivity index (χ3v) is 12.7. The minimum Gasteiger partial charge on any atom is -0.489 e. The van der Waals surface area contributed by atoms with Crippen LogP contribution in [0.2, 0.25) is 5.15 Å². The van der Waals surface area contributed by atoms with E-state index >= 15 is 4.39 Å². The number of ketones is 1. The summed E-state index contributed by atoms with van der Waals surface area (Å²) in [5, 5.41) is 0.0813. The molecule has 0 bridgehead atoms. The predicted molar refractivity (Wildman–Crippen MR) is 262 cm³/mol. The van der Waals surface area contributed by atoms with Crippen molar-refractivity contribution in [2.75, 3.05) is 12.9 Å². The molecule has 0 spiro atoms. The zero-order valence-electron chi connectivity index (χ0n) is 36.9. The molecular weight excluding hydrogens is 914 g/mol. The lowest BCUT2D eigenvalue weighted by molar-refractivity contribution is -0.137. The van der Waals surface area contributed by atoms with Crippen LogP contribution < -0.4 is 9.47 Å². The van der Waals surface area contributed by atoms with Crippen molar-refractivity contribution in [2.45, 2.75) is 70.7 Å². The number of aromatic nitrogens is 4. The first kappa shape index (κ1) is 48.6. The highest BCUT2D eigenvalue weighted by molar-refractivity contribution is 7.81. The first-order chi connectivity index (χ1) is 32.6. The Bertz CT molecular complexity index is 2870. The number of rotatable bonds is 13. The summed E-state index contributed by atoms with van der Waals surface area (Å²) in [4.78, 5) is 43.9. The summed E-state index contributed by atoms with van der Waals surface area (Å²) in [5.74, 6) is 0.877. The van der Waals surface area contributed by atoms with Gasteiger partial charge in [0.25, 0.3) is 0 Å². The summed E-state index contributed by atoms with van der Waals surface area (Å²) in [5.41, 5.74) is 3.89. The predicted octanol–water partition coefficient (Wildman–Crippen LogP) is 13.1. The molecule has 3 aromatic heterocycles. The van der Waals surface area contributed by atoms with Gasteiger partial charge >= 0.3 is 5.97 Å². The number of aldehydes is 1. The number of thiol groups is 1. The number of methoxy groups -OCH3 is 1. The van der Waals surface area contributed by atoms with Crippen molar-refractivity contribution in [3.05, 3.63) is 166 Å². The molecule has 0 aliphatic heterocycles. The number of fused-ring (bicyclic) bond motifs is 1. The second-order valence-electron chi connectivity index (χ2n) is 15.7. The minimum absolute atomic E-state index is 0.0198. The number of nitrogens with zero attached hydrogens (tertiary/aromatic N) is 4. The molecule has 3 heterocycles. The molecule has 15 heteroatoms. The lowest BCUT2D eigenvalue weighted by Crippen LogP contribution is -2.13. The van der Waals surface area contributed by atoms with Crippen molar-refractivity contribution in [2.24, 2.45) is 0 Å². The molecule has 10 nitrogen and oxygen atoms in total. The zero-order valence-corrected chi connectivity index (χ0v) is 39.4. The molecule has 4 aromatic carbocycles. The first-order valence-corrected chi connectivity index (χ1v) is 23.6. The van der Waals surface area contributed by atoms with E-state index in [-0.39, 0.29) is 51.8 Å². The Labute approximate surface area is 402 Å². The Morgan fingerprint density at radius 3 is 1.73 bits per heavy atom. The number of thiophene rings is 1. The summed E-state index contributed by atoms with van der Waals surface area (Å²) >= 11 is 11.2. The maximum atomic E-state index is 15.2. The van der Waals surface area contributed by atoms with Crippen LogP contribution in [0.4, 0.5) is 8.78 Å². The molecule has 7 aromatic rings. The number of benzene rings is 4. The lowest BCUT2D eigenvalue weighted by Gasteiger charge is -2.21. The van der Waals surface area contributed by atoms with Crippen molar-refractivity contribution in [1.29, 1.82) is 0 Å². The average Bonchev–Trinajstić information content (AvgIpc) is 4.05. The number of Topliss-reactive ketones (excluding diaryl/α,β-unsaturated/α-hetero) is 1. The van der Waals surface area contributed by atoms with Gasteiger partial charge in [0.1, 0.15) is 58.5 Å². The number of ether oxygens (including phenoxy) is 3. The smallest absolute Gasteiger partial charge is 0.315 e. The maximum absolute atomic E-state index is 15.2. The van der Waals surface area contributed by atoms with Crippen molar-refractivity contribution >= 4 is 64.0 Å². The molecule has 0 saturated heterocycles. The van der Waals surface area contributed by atoms with Crippen molar-refractivity contribution in [3.8, 4) is 34.3 Å². The van der Waals surface area contributed by atoms with Crippen LogP contribution in [0, 0.1) is 11.6 Å². The van der Waals surface area contributed by atoms with Crippen LogP contribution in [0.15, 0.2) is 127 Å². The number of halogens is 3. The van der Waals surface area contributed by atoms with Crippen LogP contribution in [-0.4, -0.2) is 50.0 Å². The Morgan fingerprint density at radius 1 is 0.776 bits per heavy atom. The Morgan fingerprint density at radius 2 is 1.30 bits per heavy atom. The molecule has 0 N–H and O–H groups in total. The van der Waals surface area contributed by atoms with Crippen LogP contribution in [0.25, 0.3) is 33.1 Å². The van der Waals surface area contributed by atoms with Gasteiger partial charge in [0.15, 0.2) is 17.2 Å². The molecule has 67 heavy (non-hydrogen) atoms. The van der Waals surface area contributed by atoms with E-state index in [9.17, 15) is 18.8 Å². The standard InChI is InChI=1S/C26H23FN2O2S.C23H20ClFN2O2.C3H6O2S/c1-17(30)24-15-23-26(32-24)28-25(29(23)19-10-6-3-7-11-19)21-13-12-20(14-22(21)27)31-16-18-8-4-2-5-9-18;24-22-21(14-28)27(17-9-5-2-6-10-17)23(26-22)19-12-11-18(13-20(19)25)29-15-16-7-3-1-4-8-16;1-5-3(4)2-6/h2,4-6,8-10,12-15,19H,3,7,11,16H2,1H3;1,3-5,7-9,11-14,17H,2,6,10,15H2;6H,2H2,1H3. The molecule has 0 radical (unpaired) electrons. The van der Waals surface area contributed by atoms with Crippen LogP contribution in [0.1, 0.15) is 88.8 Å². The second kappa shape index (κ2) is 23.4. The Hall–Kier alpha value is -6.35. The normalized spacial score (nSPS) is 15.2. The lowest BCUT2D eigenvalue weighted by atomic mass is 10.0. The van der Waals surface area contributed by atoms with Gasteiger partial charge in [-0.1, -0.05) is 96.6 Å². The maximum Gasteiger partial charge on any atom is 0.315 e. The van der Waals surface area contributed by atoms with Crippen LogP contribution >= 0.6 is 35.6 Å². The topological polar surface area (TPSA) is 115 Å². The highest BCUT2D eigenvalue weighted by Crippen LogP contribution is 2.39. The highest BCUT2D eigenvalue weighted by atomic mass is 35.5. The first-order valence-electron chi connectivity index (χ1n) is 21.8. The van der Waals surface area contributed by atoms with E-state index in [0.717, 1.165) is 60.0 Å². The highest BCUT2D eigenvalue weighted by Gasteiger charge is 2.26. The van der Waals surface area contributed by atoms with Crippen molar-refractivity contribution < 1.29 is 37.4 Å². The summed E-state index contributed by atoms with van der Waals surface area (Å²) < 4.78 is 49.7. The molecule has 0 amide bonds. The largest absolute Gasteiger partial charge is 0.489 e. The van der Waals surface area contributed by atoms with Crippen molar-refractivity contribution in [1.82, 2.24) is 19.1 Å². The Kier molecular flexibility index (Phi) is 17.0. The van der Waals surface area contributed by atoms with E-state index < -0.39 is 5.82 Å². The summed E-state index contributed by atoms with van der Waals surface area (Å²) in [7, 11) is 1.33.